The summed E-state index contributed by atoms with van der Waals surface area (Å²) in [6.45, 7) is 0. The fourth-order valence-corrected chi connectivity index (χ4v) is 1.19. The highest BCUT2D eigenvalue weighted by Gasteiger charge is 2.13. The van der Waals surface area contributed by atoms with Crippen LogP contribution in [-0.2, 0) is 0 Å². The monoisotopic (exact) mass is 190 g/mol. The van der Waals surface area contributed by atoms with Crippen LogP contribution >= 0.6 is 0 Å². The molecular formula is C10H8NO3. The molecule has 1 radical (unpaired) electrons. The number of hydrogen-bond donors (Lipinski definition) is 0. The van der Waals surface area contributed by atoms with E-state index in [9.17, 15) is 4.79 Å². The predicted octanol–water partition coefficient (Wildman–Crippen LogP) is 1.77. The van der Waals surface area contributed by atoms with Crippen molar-refractivity contribution in [3.05, 3.63) is 40.9 Å². The maximum atomic E-state index is 10.8. The van der Waals surface area contributed by atoms with Gasteiger partial charge in [0.05, 0.1) is 0 Å². The van der Waals surface area contributed by atoms with Crippen LogP contribution in [0.25, 0.3) is 11.3 Å². The molecule has 0 fully saturated rings. The minimum Gasteiger partial charge on any atom is -0.388 e. The minimum absolute atomic E-state index is 0.223. The number of benzene rings is 1. The molecule has 71 valence electrons. The summed E-state index contributed by atoms with van der Waals surface area (Å²) in [4.78, 5) is 10.8. The average molecular weight is 190 g/mol. The molecule has 0 aliphatic carbocycles. The summed E-state index contributed by atoms with van der Waals surface area (Å²) in [5.74, 6) is -0.135. The molecule has 1 aromatic carbocycles. The van der Waals surface area contributed by atoms with Crippen molar-refractivity contribution >= 4 is 5.88 Å². The van der Waals surface area contributed by atoms with E-state index in [1.807, 2.05) is 30.3 Å². The average Bonchev–Trinajstić information content (AvgIpc) is 2.61. The highest BCUT2D eigenvalue weighted by atomic mass is 16.6. The Hall–Kier alpha value is -1.97. The van der Waals surface area contributed by atoms with Gasteiger partial charge in [-0.25, -0.2) is 4.79 Å². The molecule has 0 N–H and O–H groups in total. The Kier molecular flexibility index (Phi) is 2.10. The SMILES string of the molecule is C[N]c1oc(=O)oc1-c1ccccc1. The highest BCUT2D eigenvalue weighted by Crippen LogP contribution is 2.26. The fraction of sp³-hybridized carbons (Fsp3) is 0.100. The summed E-state index contributed by atoms with van der Waals surface area (Å²) in [6.07, 6.45) is 0. The molecule has 4 nitrogen and oxygen atoms in total. The van der Waals surface area contributed by atoms with Crippen molar-refractivity contribution in [3.63, 3.8) is 0 Å². The van der Waals surface area contributed by atoms with Crippen LogP contribution in [0.4, 0.5) is 5.88 Å². The molecule has 0 spiro atoms. The molecule has 14 heavy (non-hydrogen) atoms. The van der Waals surface area contributed by atoms with Crippen LogP contribution in [0.15, 0.2) is 44.0 Å². The van der Waals surface area contributed by atoms with E-state index in [1.165, 1.54) is 0 Å². The Balaban J connectivity index is 2.56. The summed E-state index contributed by atoms with van der Waals surface area (Å²) in [6, 6.07) is 9.22. The van der Waals surface area contributed by atoms with Crippen LogP contribution in [0.2, 0.25) is 0 Å². The van der Waals surface area contributed by atoms with Gasteiger partial charge in [0.15, 0.2) is 0 Å². The molecule has 0 bridgehead atoms. The van der Waals surface area contributed by atoms with Crippen molar-refractivity contribution in [3.8, 4) is 11.3 Å². The van der Waals surface area contributed by atoms with Gasteiger partial charge in [-0.15, -0.1) is 0 Å². The predicted molar refractivity (Wildman–Crippen MR) is 50.4 cm³/mol. The molecule has 0 unspecified atom stereocenters. The smallest absolute Gasteiger partial charge is 0.388 e. The van der Waals surface area contributed by atoms with Crippen molar-refractivity contribution in [1.82, 2.24) is 5.32 Å². The lowest BCUT2D eigenvalue weighted by atomic mass is 10.2. The first-order valence-corrected chi connectivity index (χ1v) is 4.10. The van der Waals surface area contributed by atoms with Gasteiger partial charge in [0.1, 0.15) is 0 Å². The molecule has 1 heterocycles. The first-order chi connectivity index (χ1) is 6.81. The zero-order valence-corrected chi connectivity index (χ0v) is 7.56. The fourth-order valence-electron chi connectivity index (χ4n) is 1.19. The summed E-state index contributed by atoms with van der Waals surface area (Å²) in [5, 5.41) is 3.81. The first-order valence-electron chi connectivity index (χ1n) is 4.10. The van der Waals surface area contributed by atoms with Crippen molar-refractivity contribution < 1.29 is 8.83 Å². The molecule has 0 saturated carbocycles. The second kappa shape index (κ2) is 3.41. The van der Waals surface area contributed by atoms with Crippen molar-refractivity contribution in [1.29, 1.82) is 0 Å². The van der Waals surface area contributed by atoms with E-state index >= 15 is 0 Å². The summed E-state index contributed by atoms with van der Waals surface area (Å²) < 4.78 is 9.60. The summed E-state index contributed by atoms with van der Waals surface area (Å²) in [7, 11) is 1.54. The van der Waals surface area contributed by atoms with Gasteiger partial charge in [-0.05, 0) is 0 Å². The quantitative estimate of drug-likeness (QED) is 0.725. The Labute approximate surface area is 80.2 Å². The third-order valence-electron chi connectivity index (χ3n) is 1.80. The van der Waals surface area contributed by atoms with Crippen LogP contribution in [0, 0.1) is 0 Å². The first kappa shape index (κ1) is 8.62. The molecule has 0 atom stereocenters. The molecule has 0 saturated heterocycles. The van der Waals surface area contributed by atoms with Crippen LogP contribution in [0.3, 0.4) is 0 Å². The lowest BCUT2D eigenvalue weighted by Gasteiger charge is -1.95. The number of rotatable bonds is 2. The van der Waals surface area contributed by atoms with Gasteiger partial charge in [0.2, 0.25) is 5.76 Å². The third-order valence-corrected chi connectivity index (χ3v) is 1.80. The summed E-state index contributed by atoms with van der Waals surface area (Å²) in [5.41, 5.74) is 0.777. The Bertz CT molecular complexity index is 470. The molecule has 0 aliphatic heterocycles. The van der Waals surface area contributed by atoms with Gasteiger partial charge in [-0.2, -0.15) is 0 Å². The van der Waals surface area contributed by atoms with Gasteiger partial charge in [-0.1, -0.05) is 30.3 Å². The maximum Gasteiger partial charge on any atom is 0.521 e. The Morgan fingerprint density at radius 2 is 1.86 bits per heavy atom. The molecule has 0 aliphatic rings. The Morgan fingerprint density at radius 3 is 2.50 bits per heavy atom. The van der Waals surface area contributed by atoms with E-state index in [4.69, 9.17) is 8.83 Å². The highest BCUT2D eigenvalue weighted by molar-refractivity contribution is 5.65. The number of nitrogens with zero attached hydrogens (tertiary/aromatic N) is 1. The zero-order chi connectivity index (χ0) is 9.97. The molecule has 1 aromatic heterocycles. The minimum atomic E-state index is -0.732. The summed E-state index contributed by atoms with van der Waals surface area (Å²) >= 11 is 0. The van der Waals surface area contributed by atoms with E-state index in [-0.39, 0.29) is 5.88 Å². The molecule has 2 rings (SSSR count). The maximum absolute atomic E-state index is 10.8. The van der Waals surface area contributed by atoms with Crippen molar-refractivity contribution in [2.45, 2.75) is 0 Å². The second-order valence-corrected chi connectivity index (χ2v) is 2.68. The van der Waals surface area contributed by atoms with Crippen LogP contribution in [0.1, 0.15) is 0 Å². The van der Waals surface area contributed by atoms with E-state index < -0.39 is 5.82 Å². The lowest BCUT2D eigenvalue weighted by molar-refractivity contribution is 0.389. The van der Waals surface area contributed by atoms with E-state index in [0.717, 1.165) is 5.56 Å². The van der Waals surface area contributed by atoms with Crippen LogP contribution < -0.4 is 11.1 Å². The largest absolute Gasteiger partial charge is 0.521 e. The molecular weight excluding hydrogens is 182 g/mol. The van der Waals surface area contributed by atoms with Crippen molar-refractivity contribution in [2.24, 2.45) is 0 Å². The van der Waals surface area contributed by atoms with Crippen LogP contribution in [0.5, 0.6) is 0 Å². The van der Waals surface area contributed by atoms with E-state index in [2.05, 4.69) is 5.32 Å². The van der Waals surface area contributed by atoms with Gasteiger partial charge < -0.3 is 8.83 Å². The molecule has 4 heteroatoms. The lowest BCUT2D eigenvalue weighted by Crippen LogP contribution is -1.87. The third kappa shape index (κ3) is 1.42. The van der Waals surface area contributed by atoms with Gasteiger partial charge in [0.25, 0.3) is 5.88 Å². The second-order valence-electron chi connectivity index (χ2n) is 2.68. The topological polar surface area (TPSA) is 57.5 Å². The Morgan fingerprint density at radius 1 is 1.14 bits per heavy atom. The van der Waals surface area contributed by atoms with Gasteiger partial charge in [-0.3, -0.25) is 5.32 Å². The zero-order valence-electron chi connectivity index (χ0n) is 7.56. The molecule has 0 amide bonds. The van der Waals surface area contributed by atoms with Gasteiger partial charge >= 0.3 is 5.82 Å². The van der Waals surface area contributed by atoms with E-state index in [0.29, 0.717) is 5.76 Å². The normalized spacial score (nSPS) is 10.1. The number of hydrogen-bond acceptors (Lipinski definition) is 3. The van der Waals surface area contributed by atoms with Gasteiger partial charge in [0, 0.05) is 12.6 Å². The molecule has 2 aromatic rings. The van der Waals surface area contributed by atoms with Crippen LogP contribution in [-0.4, -0.2) is 7.05 Å². The van der Waals surface area contributed by atoms with E-state index in [1.54, 1.807) is 7.05 Å². The standard InChI is InChI=1S/C10H8NO3/c1-11-9-8(13-10(12)14-9)7-5-3-2-4-6-7/h2-6H,1H3. The van der Waals surface area contributed by atoms with Crippen molar-refractivity contribution in [2.75, 3.05) is 7.05 Å².